The fraction of sp³-hybridized carbons (Fsp3) is 0.400. The summed E-state index contributed by atoms with van der Waals surface area (Å²) in [6, 6.07) is 6.32. The fourth-order valence-electron chi connectivity index (χ4n) is 2.28. The average molecular weight is 289 g/mol. The SMILES string of the molecule is CCCC1NC(=O)N(CC(=O)Nc2cccc(C)c2)C1=O. The zero-order valence-corrected chi connectivity index (χ0v) is 12.2. The van der Waals surface area contributed by atoms with E-state index in [0.717, 1.165) is 16.9 Å². The zero-order valence-electron chi connectivity index (χ0n) is 12.2. The number of carbonyl (C=O) groups is 3. The summed E-state index contributed by atoms with van der Waals surface area (Å²) in [5, 5.41) is 5.28. The second kappa shape index (κ2) is 6.39. The van der Waals surface area contributed by atoms with Gasteiger partial charge < -0.3 is 10.6 Å². The van der Waals surface area contributed by atoms with Crippen LogP contribution in [-0.4, -0.2) is 35.3 Å². The van der Waals surface area contributed by atoms with Gasteiger partial charge in [-0.2, -0.15) is 0 Å². The van der Waals surface area contributed by atoms with Gasteiger partial charge >= 0.3 is 6.03 Å². The number of benzene rings is 1. The fourth-order valence-corrected chi connectivity index (χ4v) is 2.28. The predicted molar refractivity (Wildman–Crippen MR) is 78.7 cm³/mol. The van der Waals surface area contributed by atoms with E-state index in [1.54, 1.807) is 6.07 Å². The zero-order chi connectivity index (χ0) is 15.4. The summed E-state index contributed by atoms with van der Waals surface area (Å²) in [4.78, 5) is 36.7. The van der Waals surface area contributed by atoms with Crippen molar-refractivity contribution in [2.75, 3.05) is 11.9 Å². The number of aryl methyl sites for hydroxylation is 1. The lowest BCUT2D eigenvalue weighted by atomic mass is 10.2. The van der Waals surface area contributed by atoms with Gasteiger partial charge in [0, 0.05) is 5.69 Å². The number of rotatable bonds is 5. The number of hydrogen-bond acceptors (Lipinski definition) is 3. The third-order valence-electron chi connectivity index (χ3n) is 3.29. The lowest BCUT2D eigenvalue weighted by Crippen LogP contribution is -2.38. The number of hydrogen-bond donors (Lipinski definition) is 2. The maximum absolute atomic E-state index is 12.0. The van der Waals surface area contributed by atoms with Crippen LogP contribution in [0.5, 0.6) is 0 Å². The van der Waals surface area contributed by atoms with Crippen LogP contribution >= 0.6 is 0 Å². The molecule has 0 saturated carbocycles. The Balaban J connectivity index is 1.96. The Kier molecular flexibility index (Phi) is 4.57. The Morgan fingerprint density at radius 1 is 1.38 bits per heavy atom. The van der Waals surface area contributed by atoms with Gasteiger partial charge in [-0.3, -0.25) is 14.5 Å². The van der Waals surface area contributed by atoms with Crippen LogP contribution in [0.4, 0.5) is 10.5 Å². The van der Waals surface area contributed by atoms with Crippen molar-refractivity contribution in [1.29, 1.82) is 0 Å². The molecule has 0 spiro atoms. The van der Waals surface area contributed by atoms with Gasteiger partial charge in [-0.15, -0.1) is 0 Å². The molecule has 21 heavy (non-hydrogen) atoms. The second-order valence-corrected chi connectivity index (χ2v) is 5.13. The van der Waals surface area contributed by atoms with E-state index in [4.69, 9.17) is 0 Å². The normalized spacial score (nSPS) is 17.8. The highest BCUT2D eigenvalue weighted by atomic mass is 16.2. The summed E-state index contributed by atoms with van der Waals surface area (Å²) in [6.45, 7) is 3.59. The van der Waals surface area contributed by atoms with Crippen LogP contribution in [0.25, 0.3) is 0 Å². The van der Waals surface area contributed by atoms with Crippen molar-refractivity contribution in [2.24, 2.45) is 0 Å². The van der Waals surface area contributed by atoms with Crippen molar-refractivity contribution in [3.05, 3.63) is 29.8 Å². The molecule has 1 unspecified atom stereocenters. The Hall–Kier alpha value is -2.37. The molecule has 1 aliphatic heterocycles. The summed E-state index contributed by atoms with van der Waals surface area (Å²) >= 11 is 0. The van der Waals surface area contributed by atoms with Crippen LogP contribution in [-0.2, 0) is 9.59 Å². The molecule has 1 aromatic carbocycles. The lowest BCUT2D eigenvalue weighted by molar-refractivity contribution is -0.130. The first-order chi connectivity index (χ1) is 10.0. The van der Waals surface area contributed by atoms with E-state index in [0.29, 0.717) is 12.1 Å². The van der Waals surface area contributed by atoms with Gasteiger partial charge in [0.1, 0.15) is 12.6 Å². The van der Waals surface area contributed by atoms with Crippen LogP contribution in [0, 0.1) is 6.92 Å². The molecule has 2 N–H and O–H groups in total. The van der Waals surface area contributed by atoms with Gasteiger partial charge in [-0.25, -0.2) is 4.79 Å². The van der Waals surface area contributed by atoms with Crippen molar-refractivity contribution in [3.8, 4) is 0 Å². The smallest absolute Gasteiger partial charge is 0.325 e. The van der Waals surface area contributed by atoms with E-state index in [1.807, 2.05) is 32.0 Å². The number of urea groups is 1. The molecule has 1 aliphatic rings. The molecule has 1 aromatic rings. The minimum atomic E-state index is -0.505. The van der Waals surface area contributed by atoms with Gasteiger partial charge in [0.15, 0.2) is 0 Å². The van der Waals surface area contributed by atoms with Gasteiger partial charge in [-0.05, 0) is 31.0 Å². The predicted octanol–water partition coefficient (Wildman–Crippen LogP) is 1.65. The van der Waals surface area contributed by atoms with Crippen molar-refractivity contribution in [2.45, 2.75) is 32.7 Å². The van der Waals surface area contributed by atoms with Gasteiger partial charge in [-0.1, -0.05) is 25.5 Å². The molecule has 112 valence electrons. The molecular formula is C15H19N3O3. The molecule has 1 fully saturated rings. The minimum Gasteiger partial charge on any atom is -0.326 e. The topological polar surface area (TPSA) is 78.5 Å². The van der Waals surface area contributed by atoms with Crippen molar-refractivity contribution < 1.29 is 14.4 Å². The Bertz CT molecular complexity index is 571. The highest BCUT2D eigenvalue weighted by Gasteiger charge is 2.38. The number of amides is 4. The van der Waals surface area contributed by atoms with Crippen LogP contribution < -0.4 is 10.6 Å². The molecule has 6 nitrogen and oxygen atoms in total. The van der Waals surface area contributed by atoms with E-state index in [1.165, 1.54) is 0 Å². The van der Waals surface area contributed by atoms with Crippen molar-refractivity contribution >= 4 is 23.5 Å². The van der Waals surface area contributed by atoms with Gasteiger partial charge in [0.2, 0.25) is 5.91 Å². The number of carbonyl (C=O) groups excluding carboxylic acids is 3. The maximum Gasteiger partial charge on any atom is 0.325 e. The highest BCUT2D eigenvalue weighted by Crippen LogP contribution is 2.12. The molecule has 1 heterocycles. The van der Waals surface area contributed by atoms with Crippen LogP contribution in [0.15, 0.2) is 24.3 Å². The number of nitrogens with zero attached hydrogens (tertiary/aromatic N) is 1. The maximum atomic E-state index is 12.0. The quantitative estimate of drug-likeness (QED) is 0.809. The first kappa shape index (κ1) is 15.0. The second-order valence-electron chi connectivity index (χ2n) is 5.13. The summed E-state index contributed by atoms with van der Waals surface area (Å²) < 4.78 is 0. The van der Waals surface area contributed by atoms with Gasteiger partial charge in [0.05, 0.1) is 0 Å². The molecule has 0 bridgehead atoms. The van der Waals surface area contributed by atoms with Crippen LogP contribution in [0.3, 0.4) is 0 Å². The molecule has 4 amide bonds. The molecule has 0 radical (unpaired) electrons. The van der Waals surface area contributed by atoms with Crippen LogP contribution in [0.1, 0.15) is 25.3 Å². The Labute approximate surface area is 123 Å². The highest BCUT2D eigenvalue weighted by molar-refractivity contribution is 6.07. The molecule has 1 saturated heterocycles. The molecule has 6 heteroatoms. The van der Waals surface area contributed by atoms with Crippen molar-refractivity contribution in [3.63, 3.8) is 0 Å². The number of nitrogens with one attached hydrogen (secondary N) is 2. The van der Waals surface area contributed by atoms with E-state index in [-0.39, 0.29) is 18.4 Å². The summed E-state index contributed by atoms with van der Waals surface area (Å²) in [6.07, 6.45) is 1.38. The minimum absolute atomic E-state index is 0.265. The lowest BCUT2D eigenvalue weighted by Gasteiger charge is -2.13. The molecular weight excluding hydrogens is 270 g/mol. The number of anilines is 1. The van der Waals surface area contributed by atoms with E-state index in [2.05, 4.69) is 10.6 Å². The van der Waals surface area contributed by atoms with Crippen molar-refractivity contribution in [1.82, 2.24) is 10.2 Å². The molecule has 0 aromatic heterocycles. The Morgan fingerprint density at radius 3 is 2.81 bits per heavy atom. The average Bonchev–Trinajstić information content (AvgIpc) is 2.67. The molecule has 2 rings (SSSR count). The first-order valence-electron chi connectivity index (χ1n) is 6.99. The molecule has 0 aliphatic carbocycles. The standard InChI is InChI=1S/C15H19N3O3/c1-3-5-12-14(20)18(15(21)17-12)9-13(19)16-11-7-4-6-10(2)8-11/h4,6-8,12H,3,5,9H2,1-2H3,(H,16,19)(H,17,21). The summed E-state index contributed by atoms with van der Waals surface area (Å²) in [7, 11) is 0. The van der Waals surface area contributed by atoms with E-state index in [9.17, 15) is 14.4 Å². The molecule has 1 atom stereocenters. The van der Waals surface area contributed by atoms with E-state index >= 15 is 0 Å². The number of imide groups is 1. The summed E-state index contributed by atoms with van der Waals surface area (Å²) in [5.41, 5.74) is 1.67. The van der Waals surface area contributed by atoms with Crippen LogP contribution in [0.2, 0.25) is 0 Å². The first-order valence-corrected chi connectivity index (χ1v) is 6.99. The Morgan fingerprint density at radius 2 is 2.14 bits per heavy atom. The van der Waals surface area contributed by atoms with Gasteiger partial charge in [0.25, 0.3) is 5.91 Å². The third kappa shape index (κ3) is 3.59. The largest absolute Gasteiger partial charge is 0.326 e. The van der Waals surface area contributed by atoms with E-state index < -0.39 is 12.1 Å². The third-order valence-corrected chi connectivity index (χ3v) is 3.29. The summed E-state index contributed by atoms with van der Waals surface area (Å²) in [5.74, 6) is -0.720. The monoisotopic (exact) mass is 289 g/mol.